The summed E-state index contributed by atoms with van der Waals surface area (Å²) in [5.41, 5.74) is 0. The van der Waals surface area contributed by atoms with Crippen LogP contribution in [0.1, 0.15) is 38.4 Å². The first-order valence-corrected chi connectivity index (χ1v) is 6.79. The van der Waals surface area contributed by atoms with Gasteiger partial charge in [0.25, 0.3) is 0 Å². The monoisotopic (exact) mass is 236 g/mol. The molecule has 1 heterocycles. The molecule has 0 aliphatic heterocycles. The molecule has 4 nitrogen and oxygen atoms in total. The van der Waals surface area contributed by atoms with E-state index in [0.29, 0.717) is 0 Å². The van der Waals surface area contributed by atoms with Crippen LogP contribution in [0.15, 0.2) is 6.33 Å². The summed E-state index contributed by atoms with van der Waals surface area (Å²) in [6.07, 6.45) is 8.32. The maximum atomic E-state index is 4.27. The number of nitrogens with zero attached hydrogens (tertiary/aromatic N) is 3. The van der Waals surface area contributed by atoms with Gasteiger partial charge in [0.2, 0.25) is 0 Å². The van der Waals surface area contributed by atoms with E-state index >= 15 is 0 Å². The van der Waals surface area contributed by atoms with Crippen LogP contribution in [0.4, 0.5) is 0 Å². The second-order valence-corrected chi connectivity index (χ2v) is 5.41. The van der Waals surface area contributed by atoms with E-state index in [-0.39, 0.29) is 0 Å². The maximum absolute atomic E-state index is 4.27. The molecule has 1 aliphatic rings. The van der Waals surface area contributed by atoms with Crippen LogP contribution in [0.3, 0.4) is 0 Å². The average molecular weight is 236 g/mol. The lowest BCUT2D eigenvalue weighted by atomic mass is 9.83. The highest BCUT2D eigenvalue weighted by molar-refractivity contribution is 4.82. The predicted octanol–water partition coefficient (Wildman–Crippen LogP) is 1.77. The Hall–Kier alpha value is -0.900. The molecule has 1 N–H and O–H groups in total. The molecule has 0 spiro atoms. The van der Waals surface area contributed by atoms with Crippen molar-refractivity contribution in [3.05, 3.63) is 12.2 Å². The lowest BCUT2D eigenvalue weighted by Crippen LogP contribution is -2.27. The van der Waals surface area contributed by atoms with Gasteiger partial charge >= 0.3 is 0 Å². The summed E-state index contributed by atoms with van der Waals surface area (Å²) in [5.74, 6) is 2.78. The van der Waals surface area contributed by atoms with Gasteiger partial charge in [-0.3, -0.25) is 4.68 Å². The number of nitrogens with one attached hydrogen (secondary N) is 1. The lowest BCUT2D eigenvalue weighted by Gasteiger charge is -2.26. The van der Waals surface area contributed by atoms with Crippen molar-refractivity contribution in [3.8, 4) is 0 Å². The summed E-state index contributed by atoms with van der Waals surface area (Å²) in [6, 6.07) is 0. The highest BCUT2D eigenvalue weighted by Gasteiger charge is 2.17. The zero-order valence-corrected chi connectivity index (χ0v) is 11.0. The van der Waals surface area contributed by atoms with Crippen LogP contribution in [0, 0.1) is 11.8 Å². The van der Waals surface area contributed by atoms with E-state index in [9.17, 15) is 0 Å². The Kier molecular flexibility index (Phi) is 4.54. The number of aryl methyl sites for hydroxylation is 1. The molecule has 4 heteroatoms. The van der Waals surface area contributed by atoms with E-state index in [1.807, 2.05) is 7.05 Å². The van der Waals surface area contributed by atoms with Gasteiger partial charge in [-0.25, -0.2) is 4.98 Å². The van der Waals surface area contributed by atoms with Gasteiger partial charge in [-0.15, -0.1) is 0 Å². The molecule has 0 unspecified atom stereocenters. The molecule has 0 radical (unpaired) electrons. The fourth-order valence-electron chi connectivity index (χ4n) is 2.54. The van der Waals surface area contributed by atoms with E-state index in [2.05, 4.69) is 22.3 Å². The van der Waals surface area contributed by atoms with E-state index in [1.165, 1.54) is 32.2 Å². The molecule has 2 rings (SSSR count). The van der Waals surface area contributed by atoms with Crippen molar-refractivity contribution in [1.82, 2.24) is 20.1 Å². The minimum atomic E-state index is 0.892. The molecule has 0 aromatic carbocycles. The maximum Gasteiger partial charge on any atom is 0.151 e. The van der Waals surface area contributed by atoms with Crippen LogP contribution < -0.4 is 5.32 Å². The number of aromatic nitrogens is 3. The van der Waals surface area contributed by atoms with Gasteiger partial charge in [-0.05, 0) is 31.2 Å². The summed E-state index contributed by atoms with van der Waals surface area (Å²) < 4.78 is 1.76. The molecule has 0 bridgehead atoms. The Morgan fingerprint density at radius 1 is 1.35 bits per heavy atom. The molecular formula is C13H24N4. The van der Waals surface area contributed by atoms with Crippen molar-refractivity contribution >= 4 is 0 Å². The first-order chi connectivity index (χ1) is 8.24. The minimum absolute atomic E-state index is 0.892. The average Bonchev–Trinajstić information content (AvgIpc) is 2.73. The lowest BCUT2D eigenvalue weighted by molar-refractivity contribution is 0.282. The molecule has 1 fully saturated rings. The summed E-state index contributed by atoms with van der Waals surface area (Å²) in [5, 5.41) is 7.81. The van der Waals surface area contributed by atoms with Crippen molar-refractivity contribution in [2.45, 2.75) is 39.0 Å². The molecule has 0 amide bonds. The second kappa shape index (κ2) is 6.15. The van der Waals surface area contributed by atoms with E-state index < -0.39 is 0 Å². The number of rotatable bonds is 5. The second-order valence-electron chi connectivity index (χ2n) is 5.41. The molecule has 1 aromatic heterocycles. The Bertz CT molecular complexity index is 326. The summed E-state index contributed by atoms with van der Waals surface area (Å²) >= 11 is 0. The van der Waals surface area contributed by atoms with E-state index in [0.717, 1.165) is 30.6 Å². The van der Waals surface area contributed by atoms with Gasteiger partial charge in [-0.2, -0.15) is 5.10 Å². The van der Waals surface area contributed by atoms with E-state index in [4.69, 9.17) is 0 Å². The molecule has 96 valence electrons. The Morgan fingerprint density at radius 2 is 2.12 bits per heavy atom. The normalized spacial score (nSPS) is 25.1. The highest BCUT2D eigenvalue weighted by Crippen LogP contribution is 2.27. The van der Waals surface area contributed by atoms with Crippen LogP contribution in [0.25, 0.3) is 0 Å². The largest absolute Gasteiger partial charge is 0.316 e. The topological polar surface area (TPSA) is 42.7 Å². The zero-order chi connectivity index (χ0) is 12.1. The SMILES string of the molecule is CC1CCC(CNCCc2ncn(C)n2)CC1. The van der Waals surface area contributed by atoms with Crippen LogP contribution in [-0.4, -0.2) is 27.9 Å². The van der Waals surface area contributed by atoms with Crippen LogP contribution in [0.5, 0.6) is 0 Å². The van der Waals surface area contributed by atoms with Crippen molar-refractivity contribution in [3.63, 3.8) is 0 Å². The Balaban J connectivity index is 1.57. The minimum Gasteiger partial charge on any atom is -0.316 e. The smallest absolute Gasteiger partial charge is 0.151 e. The molecule has 0 atom stereocenters. The number of hydrogen-bond acceptors (Lipinski definition) is 3. The van der Waals surface area contributed by atoms with Crippen molar-refractivity contribution in [1.29, 1.82) is 0 Å². The fraction of sp³-hybridized carbons (Fsp3) is 0.846. The van der Waals surface area contributed by atoms with Crippen LogP contribution >= 0.6 is 0 Å². The molecule has 1 aliphatic carbocycles. The van der Waals surface area contributed by atoms with Crippen LogP contribution in [0.2, 0.25) is 0 Å². The first kappa shape index (κ1) is 12.6. The molecule has 1 aromatic rings. The van der Waals surface area contributed by atoms with Crippen molar-refractivity contribution in [2.24, 2.45) is 18.9 Å². The van der Waals surface area contributed by atoms with Gasteiger partial charge in [0, 0.05) is 20.0 Å². The molecule has 0 saturated heterocycles. The molecule has 1 saturated carbocycles. The fourth-order valence-corrected chi connectivity index (χ4v) is 2.54. The highest BCUT2D eigenvalue weighted by atomic mass is 15.3. The van der Waals surface area contributed by atoms with Crippen molar-refractivity contribution in [2.75, 3.05) is 13.1 Å². The first-order valence-electron chi connectivity index (χ1n) is 6.79. The van der Waals surface area contributed by atoms with Gasteiger partial charge in [0.1, 0.15) is 6.33 Å². The predicted molar refractivity (Wildman–Crippen MR) is 68.7 cm³/mol. The summed E-state index contributed by atoms with van der Waals surface area (Å²) in [4.78, 5) is 4.22. The van der Waals surface area contributed by atoms with Crippen LogP contribution in [-0.2, 0) is 13.5 Å². The Morgan fingerprint density at radius 3 is 2.76 bits per heavy atom. The van der Waals surface area contributed by atoms with Gasteiger partial charge < -0.3 is 5.32 Å². The van der Waals surface area contributed by atoms with Gasteiger partial charge in [0.15, 0.2) is 5.82 Å². The summed E-state index contributed by atoms with van der Waals surface area (Å²) in [6.45, 7) is 4.53. The third kappa shape index (κ3) is 4.11. The summed E-state index contributed by atoms with van der Waals surface area (Å²) in [7, 11) is 1.91. The third-order valence-electron chi connectivity index (χ3n) is 3.74. The van der Waals surface area contributed by atoms with Gasteiger partial charge in [-0.1, -0.05) is 19.8 Å². The molecular weight excluding hydrogens is 212 g/mol. The standard InChI is InChI=1S/C13H24N4/c1-11-3-5-12(6-4-11)9-14-8-7-13-15-10-17(2)16-13/h10-12,14H,3-9H2,1-2H3. The Labute approximate surface area is 104 Å². The molecule has 17 heavy (non-hydrogen) atoms. The van der Waals surface area contributed by atoms with Crippen molar-refractivity contribution < 1.29 is 0 Å². The van der Waals surface area contributed by atoms with Gasteiger partial charge in [0.05, 0.1) is 0 Å². The number of hydrogen-bond donors (Lipinski definition) is 1. The zero-order valence-electron chi connectivity index (χ0n) is 11.0. The quantitative estimate of drug-likeness (QED) is 0.792. The third-order valence-corrected chi connectivity index (χ3v) is 3.74. The van der Waals surface area contributed by atoms with E-state index in [1.54, 1.807) is 11.0 Å².